The molecule has 3 aromatic rings. The van der Waals surface area contributed by atoms with Crippen molar-refractivity contribution >= 4 is 51.1 Å². The highest BCUT2D eigenvalue weighted by atomic mass is 35.5. The molecule has 2 aromatic heterocycles. The Kier molecular flexibility index (Phi) is 5.25. The number of hydrogen-bond donors (Lipinski definition) is 1. The average molecular weight is 434 g/mol. The SMILES string of the molecule is CC1(C)C(NC(=O)c2cc3cccc(-c4nccs4)c3s2)C2CCN1CC2.Cl. The minimum atomic E-state index is 0. The molecule has 3 aliphatic heterocycles. The molecule has 6 rings (SSSR count). The lowest BCUT2D eigenvalue weighted by Crippen LogP contribution is -2.69. The zero-order valence-electron chi connectivity index (χ0n) is 16.0. The van der Waals surface area contributed by atoms with Gasteiger partial charge in [0.1, 0.15) is 5.01 Å². The zero-order valence-corrected chi connectivity index (χ0v) is 18.4. The standard InChI is InChI=1S/C21H23N3OS2.ClH/c1-21(2)18(13-6-9-24(21)10-7-13)23-19(25)16-12-14-4-3-5-15(17(14)27-16)20-22-8-11-26-20;/h3-5,8,11-13,18H,6-7,9-10H2,1-2H3,(H,23,25);1H. The lowest BCUT2D eigenvalue weighted by molar-refractivity contribution is -0.0377. The first kappa shape index (κ1) is 19.8. The van der Waals surface area contributed by atoms with Gasteiger partial charge in [-0.1, -0.05) is 18.2 Å². The molecule has 2 bridgehead atoms. The predicted molar refractivity (Wildman–Crippen MR) is 120 cm³/mol. The Morgan fingerprint density at radius 1 is 1.29 bits per heavy atom. The molecule has 0 radical (unpaired) electrons. The van der Waals surface area contributed by atoms with Crippen molar-refractivity contribution in [2.75, 3.05) is 13.1 Å². The van der Waals surface area contributed by atoms with E-state index in [0.29, 0.717) is 5.92 Å². The number of rotatable bonds is 3. The Bertz CT molecular complexity index is 990. The van der Waals surface area contributed by atoms with Crippen LogP contribution in [-0.4, -0.2) is 40.5 Å². The summed E-state index contributed by atoms with van der Waals surface area (Å²) in [6.07, 6.45) is 4.21. The number of carbonyl (C=O) groups excluding carboxylic acids is 1. The predicted octanol–water partition coefficient (Wildman–Crippen LogP) is 5.05. The molecule has 3 saturated heterocycles. The summed E-state index contributed by atoms with van der Waals surface area (Å²) < 4.78 is 1.14. The van der Waals surface area contributed by atoms with Gasteiger partial charge >= 0.3 is 0 Å². The first-order chi connectivity index (χ1) is 13.0. The van der Waals surface area contributed by atoms with Crippen LogP contribution >= 0.6 is 35.1 Å². The monoisotopic (exact) mass is 433 g/mol. The van der Waals surface area contributed by atoms with Crippen LogP contribution in [-0.2, 0) is 0 Å². The van der Waals surface area contributed by atoms with Gasteiger partial charge in [-0.3, -0.25) is 9.69 Å². The molecule has 4 nitrogen and oxygen atoms in total. The molecule has 1 aromatic carbocycles. The molecule has 3 fully saturated rings. The summed E-state index contributed by atoms with van der Waals surface area (Å²) in [7, 11) is 0. The molecule has 1 unspecified atom stereocenters. The Balaban J connectivity index is 0.00000192. The molecule has 5 heterocycles. The minimum absolute atomic E-state index is 0. The number of halogens is 1. The quantitative estimate of drug-likeness (QED) is 0.628. The molecule has 0 aliphatic carbocycles. The van der Waals surface area contributed by atoms with Crippen molar-refractivity contribution < 1.29 is 4.79 Å². The number of carbonyl (C=O) groups is 1. The zero-order chi connectivity index (χ0) is 18.6. The Labute approximate surface area is 179 Å². The van der Waals surface area contributed by atoms with Gasteiger partial charge in [-0.2, -0.15) is 0 Å². The van der Waals surface area contributed by atoms with E-state index < -0.39 is 0 Å². The van der Waals surface area contributed by atoms with Crippen molar-refractivity contribution in [3.05, 3.63) is 40.7 Å². The molecule has 7 heteroatoms. The van der Waals surface area contributed by atoms with Crippen molar-refractivity contribution in [2.45, 2.75) is 38.3 Å². The topological polar surface area (TPSA) is 45.2 Å². The second-order valence-corrected chi connectivity index (χ2v) is 10.0. The molecule has 148 valence electrons. The van der Waals surface area contributed by atoms with Crippen LogP contribution in [0.2, 0.25) is 0 Å². The fraction of sp³-hybridized carbons (Fsp3) is 0.429. The van der Waals surface area contributed by atoms with Crippen LogP contribution in [0.1, 0.15) is 36.4 Å². The largest absolute Gasteiger partial charge is 0.346 e. The molecule has 28 heavy (non-hydrogen) atoms. The van der Waals surface area contributed by atoms with Crippen LogP contribution in [0, 0.1) is 5.92 Å². The van der Waals surface area contributed by atoms with Gasteiger partial charge in [-0.15, -0.1) is 35.1 Å². The van der Waals surface area contributed by atoms with E-state index >= 15 is 0 Å². The van der Waals surface area contributed by atoms with E-state index in [1.807, 2.05) is 23.7 Å². The van der Waals surface area contributed by atoms with E-state index in [0.717, 1.165) is 38.6 Å². The smallest absolute Gasteiger partial charge is 0.261 e. The molecular formula is C21H24ClN3OS2. The highest BCUT2D eigenvalue weighted by Gasteiger charge is 2.48. The number of piperidine rings is 3. The third-order valence-electron chi connectivity index (χ3n) is 6.30. The summed E-state index contributed by atoms with van der Waals surface area (Å²) in [5.41, 5.74) is 1.15. The molecule has 1 N–H and O–H groups in total. The van der Waals surface area contributed by atoms with Gasteiger partial charge < -0.3 is 5.32 Å². The summed E-state index contributed by atoms with van der Waals surface area (Å²) in [5.74, 6) is 0.655. The summed E-state index contributed by atoms with van der Waals surface area (Å²) in [6.45, 7) is 6.86. The normalized spacial score (nSPS) is 25.4. The van der Waals surface area contributed by atoms with Crippen LogP contribution in [0.25, 0.3) is 20.7 Å². The molecular weight excluding hydrogens is 410 g/mol. The van der Waals surface area contributed by atoms with E-state index in [4.69, 9.17) is 0 Å². The van der Waals surface area contributed by atoms with E-state index in [1.54, 1.807) is 22.7 Å². The highest BCUT2D eigenvalue weighted by molar-refractivity contribution is 7.22. The fourth-order valence-corrected chi connectivity index (χ4v) is 6.60. The minimum Gasteiger partial charge on any atom is -0.346 e. The maximum absolute atomic E-state index is 13.1. The Morgan fingerprint density at radius 2 is 2.07 bits per heavy atom. The van der Waals surface area contributed by atoms with Crippen LogP contribution < -0.4 is 5.32 Å². The van der Waals surface area contributed by atoms with E-state index in [9.17, 15) is 4.79 Å². The lowest BCUT2D eigenvalue weighted by atomic mass is 9.72. The Hall–Kier alpha value is -1.47. The summed E-state index contributed by atoms with van der Waals surface area (Å²) >= 11 is 3.21. The van der Waals surface area contributed by atoms with Gasteiger partial charge in [0.2, 0.25) is 0 Å². The van der Waals surface area contributed by atoms with Crippen LogP contribution in [0.5, 0.6) is 0 Å². The molecule has 1 atom stereocenters. The van der Waals surface area contributed by atoms with Crippen molar-refractivity contribution in [1.82, 2.24) is 15.2 Å². The third-order valence-corrected chi connectivity index (χ3v) is 8.29. The molecule has 0 saturated carbocycles. The number of amides is 1. The van der Waals surface area contributed by atoms with Crippen LogP contribution in [0.4, 0.5) is 0 Å². The molecule has 1 amide bonds. The number of thiazole rings is 1. The lowest BCUT2D eigenvalue weighted by Gasteiger charge is -2.56. The number of nitrogens with one attached hydrogen (secondary N) is 1. The van der Waals surface area contributed by atoms with Gasteiger partial charge in [0, 0.05) is 33.4 Å². The summed E-state index contributed by atoms with van der Waals surface area (Å²) in [5, 5.41) is 7.50. The number of thiophene rings is 1. The number of nitrogens with zero attached hydrogens (tertiary/aromatic N) is 2. The first-order valence-corrected chi connectivity index (χ1v) is 11.2. The molecule has 3 aliphatic rings. The first-order valence-electron chi connectivity index (χ1n) is 9.52. The maximum atomic E-state index is 13.1. The number of hydrogen-bond acceptors (Lipinski definition) is 5. The highest BCUT2D eigenvalue weighted by Crippen LogP contribution is 2.40. The summed E-state index contributed by atoms with van der Waals surface area (Å²) in [6, 6.07) is 8.47. The van der Waals surface area contributed by atoms with Gasteiger partial charge in [0.25, 0.3) is 5.91 Å². The second-order valence-electron chi connectivity index (χ2n) is 8.10. The summed E-state index contributed by atoms with van der Waals surface area (Å²) in [4.78, 5) is 20.9. The van der Waals surface area contributed by atoms with Crippen molar-refractivity contribution in [3.63, 3.8) is 0 Å². The maximum Gasteiger partial charge on any atom is 0.261 e. The molecule has 0 spiro atoms. The average Bonchev–Trinajstić information content (AvgIpc) is 3.34. The van der Waals surface area contributed by atoms with Crippen LogP contribution in [0.15, 0.2) is 35.8 Å². The van der Waals surface area contributed by atoms with Crippen molar-refractivity contribution in [3.8, 4) is 10.6 Å². The van der Waals surface area contributed by atoms with Crippen LogP contribution in [0.3, 0.4) is 0 Å². The van der Waals surface area contributed by atoms with Crippen molar-refractivity contribution in [2.24, 2.45) is 5.92 Å². The van der Waals surface area contributed by atoms with Gasteiger partial charge in [-0.25, -0.2) is 4.98 Å². The van der Waals surface area contributed by atoms with Gasteiger partial charge in [0.15, 0.2) is 0 Å². The van der Waals surface area contributed by atoms with Gasteiger partial charge in [-0.05, 0) is 57.1 Å². The number of fused-ring (bicyclic) bond motifs is 4. The fourth-order valence-electron chi connectivity index (χ4n) is 4.79. The van der Waals surface area contributed by atoms with E-state index in [1.165, 1.54) is 12.8 Å². The third kappa shape index (κ3) is 3.16. The second kappa shape index (κ2) is 7.41. The number of aromatic nitrogens is 1. The van der Waals surface area contributed by atoms with E-state index in [2.05, 4.69) is 41.2 Å². The Morgan fingerprint density at radius 3 is 2.75 bits per heavy atom. The van der Waals surface area contributed by atoms with Crippen molar-refractivity contribution in [1.29, 1.82) is 0 Å². The number of benzene rings is 1. The van der Waals surface area contributed by atoms with Gasteiger partial charge in [0.05, 0.1) is 4.88 Å². The van der Waals surface area contributed by atoms with E-state index in [-0.39, 0.29) is 29.9 Å².